The SMILES string of the molecule is COc1ccc(C)cc1NC(=O)[C@@H](Sc1nnc(-c2cccnc2)n1N)c1ccccc1. The van der Waals surface area contributed by atoms with E-state index in [9.17, 15) is 4.79 Å². The number of hydrogen-bond acceptors (Lipinski definition) is 7. The number of amides is 1. The van der Waals surface area contributed by atoms with Gasteiger partial charge in [0.1, 0.15) is 11.0 Å². The Balaban J connectivity index is 1.65. The number of thioether (sulfide) groups is 1. The molecule has 0 unspecified atom stereocenters. The lowest BCUT2D eigenvalue weighted by Crippen LogP contribution is -2.21. The van der Waals surface area contributed by atoms with Crippen molar-refractivity contribution in [3.8, 4) is 17.1 Å². The predicted molar refractivity (Wildman–Crippen MR) is 125 cm³/mol. The molecule has 0 spiro atoms. The van der Waals surface area contributed by atoms with E-state index in [1.807, 2.05) is 61.5 Å². The molecule has 0 radical (unpaired) electrons. The second-order valence-corrected chi connectivity index (χ2v) is 8.09. The summed E-state index contributed by atoms with van der Waals surface area (Å²) in [5, 5.41) is 11.2. The van der Waals surface area contributed by atoms with Gasteiger partial charge in [-0.3, -0.25) is 9.78 Å². The number of rotatable bonds is 7. The lowest BCUT2D eigenvalue weighted by atomic mass is 10.1. The van der Waals surface area contributed by atoms with Gasteiger partial charge in [-0.25, -0.2) is 4.68 Å². The summed E-state index contributed by atoms with van der Waals surface area (Å²) < 4.78 is 6.78. The maximum atomic E-state index is 13.4. The van der Waals surface area contributed by atoms with Gasteiger partial charge < -0.3 is 15.9 Å². The van der Waals surface area contributed by atoms with Gasteiger partial charge in [0.2, 0.25) is 11.1 Å². The van der Waals surface area contributed by atoms with Crippen molar-refractivity contribution >= 4 is 23.4 Å². The van der Waals surface area contributed by atoms with Crippen molar-refractivity contribution in [1.29, 1.82) is 0 Å². The molecule has 9 heteroatoms. The minimum atomic E-state index is -0.616. The van der Waals surface area contributed by atoms with Crippen LogP contribution in [0, 0.1) is 6.92 Å². The number of aryl methyl sites for hydroxylation is 1. The number of nitrogens with zero attached hydrogens (tertiary/aromatic N) is 4. The fourth-order valence-electron chi connectivity index (χ4n) is 3.17. The molecule has 2 aromatic heterocycles. The maximum absolute atomic E-state index is 13.4. The molecule has 4 aromatic rings. The Hall–Kier alpha value is -3.85. The number of carbonyl (C=O) groups is 1. The van der Waals surface area contributed by atoms with Crippen molar-refractivity contribution in [3.05, 3.63) is 84.2 Å². The van der Waals surface area contributed by atoms with Crippen LogP contribution >= 0.6 is 11.8 Å². The summed E-state index contributed by atoms with van der Waals surface area (Å²) in [6.45, 7) is 1.95. The molecule has 0 fully saturated rings. The number of ether oxygens (including phenoxy) is 1. The highest BCUT2D eigenvalue weighted by Gasteiger charge is 2.26. The van der Waals surface area contributed by atoms with Crippen molar-refractivity contribution < 1.29 is 9.53 Å². The van der Waals surface area contributed by atoms with Crippen LogP contribution in [0.4, 0.5) is 5.69 Å². The van der Waals surface area contributed by atoms with Gasteiger partial charge in [-0.2, -0.15) is 0 Å². The van der Waals surface area contributed by atoms with E-state index >= 15 is 0 Å². The molecule has 162 valence electrons. The van der Waals surface area contributed by atoms with E-state index in [0.717, 1.165) is 16.7 Å². The molecule has 3 N–H and O–H groups in total. The Labute approximate surface area is 189 Å². The molecule has 1 amide bonds. The highest BCUT2D eigenvalue weighted by atomic mass is 32.2. The summed E-state index contributed by atoms with van der Waals surface area (Å²) in [4.78, 5) is 17.5. The number of nitrogens with one attached hydrogen (secondary N) is 1. The zero-order chi connectivity index (χ0) is 22.5. The number of carbonyl (C=O) groups excluding carboxylic acids is 1. The fraction of sp³-hybridized carbons (Fsp3) is 0.130. The zero-order valence-electron chi connectivity index (χ0n) is 17.6. The average molecular weight is 447 g/mol. The second-order valence-electron chi connectivity index (χ2n) is 7.02. The Morgan fingerprint density at radius 1 is 1.12 bits per heavy atom. The first-order valence-corrected chi connectivity index (χ1v) is 10.7. The second kappa shape index (κ2) is 9.52. The molecule has 4 rings (SSSR count). The molecule has 1 atom stereocenters. The van der Waals surface area contributed by atoms with Crippen molar-refractivity contribution in [2.75, 3.05) is 18.3 Å². The minimum absolute atomic E-state index is 0.226. The summed E-state index contributed by atoms with van der Waals surface area (Å²) >= 11 is 1.22. The molecule has 0 aliphatic carbocycles. The van der Waals surface area contributed by atoms with Crippen LogP contribution in [0.25, 0.3) is 11.4 Å². The minimum Gasteiger partial charge on any atom is -0.495 e. The Morgan fingerprint density at radius 3 is 2.66 bits per heavy atom. The average Bonchev–Trinajstić information content (AvgIpc) is 3.18. The molecule has 0 aliphatic rings. The van der Waals surface area contributed by atoms with Gasteiger partial charge in [-0.15, -0.1) is 10.2 Å². The normalized spacial score (nSPS) is 11.7. The van der Waals surface area contributed by atoms with Gasteiger partial charge in [0.15, 0.2) is 5.82 Å². The van der Waals surface area contributed by atoms with Crippen LogP contribution in [-0.2, 0) is 4.79 Å². The monoisotopic (exact) mass is 446 g/mol. The largest absolute Gasteiger partial charge is 0.495 e. The van der Waals surface area contributed by atoms with Gasteiger partial charge in [0.05, 0.1) is 12.8 Å². The van der Waals surface area contributed by atoms with Crippen molar-refractivity contribution in [2.24, 2.45) is 0 Å². The van der Waals surface area contributed by atoms with Gasteiger partial charge in [-0.05, 0) is 42.3 Å². The van der Waals surface area contributed by atoms with E-state index in [-0.39, 0.29) is 5.91 Å². The van der Waals surface area contributed by atoms with Crippen LogP contribution in [0.5, 0.6) is 5.75 Å². The first-order valence-electron chi connectivity index (χ1n) is 9.85. The van der Waals surface area contributed by atoms with Gasteiger partial charge in [0.25, 0.3) is 0 Å². The smallest absolute Gasteiger partial charge is 0.242 e. The van der Waals surface area contributed by atoms with Crippen LogP contribution in [0.15, 0.2) is 78.2 Å². The number of hydrogen-bond donors (Lipinski definition) is 2. The van der Waals surface area contributed by atoms with E-state index in [1.165, 1.54) is 16.4 Å². The fourth-order valence-corrected chi connectivity index (χ4v) is 4.13. The highest BCUT2D eigenvalue weighted by Crippen LogP contribution is 2.37. The van der Waals surface area contributed by atoms with Crippen LogP contribution < -0.4 is 15.9 Å². The Morgan fingerprint density at radius 2 is 1.94 bits per heavy atom. The molecule has 0 saturated heterocycles. The van der Waals surface area contributed by atoms with Crippen LogP contribution in [-0.4, -0.2) is 32.9 Å². The predicted octanol–water partition coefficient (Wildman–Crippen LogP) is 3.84. The maximum Gasteiger partial charge on any atom is 0.242 e. The molecule has 32 heavy (non-hydrogen) atoms. The lowest BCUT2D eigenvalue weighted by molar-refractivity contribution is -0.115. The third-order valence-electron chi connectivity index (χ3n) is 4.76. The third-order valence-corrected chi connectivity index (χ3v) is 5.97. The molecule has 2 heterocycles. The number of anilines is 1. The van der Waals surface area contributed by atoms with Crippen molar-refractivity contribution in [2.45, 2.75) is 17.3 Å². The van der Waals surface area contributed by atoms with E-state index < -0.39 is 5.25 Å². The van der Waals surface area contributed by atoms with Crippen molar-refractivity contribution in [1.82, 2.24) is 19.9 Å². The number of methoxy groups -OCH3 is 1. The van der Waals surface area contributed by atoms with E-state index in [2.05, 4.69) is 20.5 Å². The topological polar surface area (TPSA) is 108 Å². The summed E-state index contributed by atoms with van der Waals surface area (Å²) in [5.74, 6) is 7.10. The number of nitrogens with two attached hydrogens (primary N) is 1. The van der Waals surface area contributed by atoms with Crippen molar-refractivity contribution in [3.63, 3.8) is 0 Å². The number of aromatic nitrogens is 4. The van der Waals surface area contributed by atoms with Crippen LogP contribution in [0.1, 0.15) is 16.4 Å². The Kier molecular flexibility index (Phi) is 6.37. The molecule has 0 bridgehead atoms. The molecule has 0 saturated carbocycles. The van der Waals surface area contributed by atoms with E-state index in [4.69, 9.17) is 10.6 Å². The first kappa shape index (κ1) is 21.4. The standard InChI is InChI=1S/C23H22N6O2S/c1-15-10-11-19(31-2)18(13-15)26-22(30)20(16-7-4-3-5-8-16)32-23-28-27-21(29(23)24)17-9-6-12-25-14-17/h3-14,20H,24H2,1-2H3,(H,26,30)/t20-/m0/s1. The van der Waals surface area contributed by atoms with Crippen LogP contribution in [0.3, 0.4) is 0 Å². The molecular weight excluding hydrogens is 424 g/mol. The summed E-state index contributed by atoms with van der Waals surface area (Å²) in [6, 6.07) is 18.7. The van der Waals surface area contributed by atoms with Crippen LogP contribution in [0.2, 0.25) is 0 Å². The quantitative estimate of drug-likeness (QED) is 0.328. The lowest BCUT2D eigenvalue weighted by Gasteiger charge is -2.18. The molecule has 2 aromatic carbocycles. The summed E-state index contributed by atoms with van der Waals surface area (Å²) in [7, 11) is 1.57. The van der Waals surface area contributed by atoms with Gasteiger partial charge in [0, 0.05) is 18.0 Å². The molecule has 8 nitrogen and oxygen atoms in total. The molecular formula is C23H22N6O2S. The van der Waals surface area contributed by atoms with Gasteiger partial charge in [-0.1, -0.05) is 48.2 Å². The van der Waals surface area contributed by atoms with E-state index in [1.54, 1.807) is 25.6 Å². The third kappa shape index (κ3) is 4.57. The summed E-state index contributed by atoms with van der Waals surface area (Å²) in [6.07, 6.45) is 3.33. The molecule has 0 aliphatic heterocycles. The number of nitrogen functional groups attached to an aromatic ring is 1. The number of benzene rings is 2. The first-order chi connectivity index (χ1) is 15.6. The Bertz CT molecular complexity index is 1210. The zero-order valence-corrected chi connectivity index (χ0v) is 18.4. The van der Waals surface area contributed by atoms with E-state index in [0.29, 0.717) is 22.4 Å². The number of pyridine rings is 1. The summed E-state index contributed by atoms with van der Waals surface area (Å²) in [5.41, 5.74) is 3.16. The highest BCUT2D eigenvalue weighted by molar-refractivity contribution is 8.00. The van der Waals surface area contributed by atoms with Gasteiger partial charge >= 0.3 is 0 Å².